The van der Waals surface area contributed by atoms with Crippen molar-refractivity contribution in [1.82, 2.24) is 10.3 Å². The quantitative estimate of drug-likeness (QED) is 0.478. The molecule has 2 aromatic carbocycles. The van der Waals surface area contributed by atoms with Crippen LogP contribution in [0.3, 0.4) is 0 Å². The summed E-state index contributed by atoms with van der Waals surface area (Å²) in [5.74, 6) is -0.378. The molecule has 1 atom stereocenters. The number of aromatic nitrogens is 1. The Bertz CT molecular complexity index is 986. The zero-order chi connectivity index (χ0) is 20.8. The maximum Gasteiger partial charge on any atom is 0.308 e. The molecule has 0 aliphatic heterocycles. The SMILES string of the molecule is Cc1ccc(C(CC(=O)OC(C)C)NC(=O)/C=C/c2nc3ccccc3o2)cc1. The molecule has 1 aromatic heterocycles. The van der Waals surface area contributed by atoms with Crippen LogP contribution in [0.15, 0.2) is 59.0 Å². The van der Waals surface area contributed by atoms with Gasteiger partial charge in [0.1, 0.15) is 5.52 Å². The number of amides is 1. The number of carbonyl (C=O) groups is 2. The van der Waals surface area contributed by atoms with Gasteiger partial charge in [-0.1, -0.05) is 42.0 Å². The van der Waals surface area contributed by atoms with Crippen molar-refractivity contribution in [3.05, 3.63) is 71.6 Å². The number of hydrogen-bond donors (Lipinski definition) is 1. The molecule has 1 amide bonds. The van der Waals surface area contributed by atoms with Crippen LogP contribution >= 0.6 is 0 Å². The molecule has 6 heteroatoms. The van der Waals surface area contributed by atoms with E-state index in [0.717, 1.165) is 16.6 Å². The molecule has 0 fully saturated rings. The number of carbonyl (C=O) groups excluding carboxylic acids is 2. The third-order valence-electron chi connectivity index (χ3n) is 4.22. The van der Waals surface area contributed by atoms with Crippen molar-refractivity contribution < 1.29 is 18.7 Å². The molecule has 0 bridgehead atoms. The lowest BCUT2D eigenvalue weighted by Crippen LogP contribution is -2.29. The first kappa shape index (κ1) is 20.3. The predicted octanol–water partition coefficient (Wildman–Crippen LogP) is 4.35. The van der Waals surface area contributed by atoms with Crippen molar-refractivity contribution in [2.45, 2.75) is 39.3 Å². The van der Waals surface area contributed by atoms with Crippen molar-refractivity contribution in [3.8, 4) is 0 Å². The van der Waals surface area contributed by atoms with Crippen LogP contribution in [-0.2, 0) is 14.3 Å². The van der Waals surface area contributed by atoms with Crippen LogP contribution in [-0.4, -0.2) is 23.0 Å². The highest BCUT2D eigenvalue weighted by Crippen LogP contribution is 2.19. The Morgan fingerprint density at radius 2 is 1.86 bits per heavy atom. The minimum absolute atomic E-state index is 0.0453. The highest BCUT2D eigenvalue weighted by Gasteiger charge is 2.19. The smallest absolute Gasteiger partial charge is 0.308 e. The van der Waals surface area contributed by atoms with Gasteiger partial charge in [-0.25, -0.2) is 4.98 Å². The number of aryl methyl sites for hydroxylation is 1. The molecule has 6 nitrogen and oxygen atoms in total. The zero-order valence-electron chi connectivity index (χ0n) is 16.7. The van der Waals surface area contributed by atoms with E-state index in [9.17, 15) is 9.59 Å². The molecular weight excluding hydrogens is 368 g/mol. The molecule has 1 heterocycles. The van der Waals surface area contributed by atoms with E-state index in [1.807, 2.05) is 55.5 Å². The second kappa shape index (κ2) is 9.19. The van der Waals surface area contributed by atoms with Crippen LogP contribution in [0.4, 0.5) is 0 Å². The van der Waals surface area contributed by atoms with Crippen LogP contribution in [0.25, 0.3) is 17.2 Å². The Labute approximate surface area is 169 Å². The fraction of sp³-hybridized carbons (Fsp3) is 0.261. The van der Waals surface area contributed by atoms with Crippen molar-refractivity contribution >= 4 is 29.1 Å². The summed E-state index contributed by atoms with van der Waals surface area (Å²) < 4.78 is 10.8. The average molecular weight is 392 g/mol. The lowest BCUT2D eigenvalue weighted by Gasteiger charge is -2.19. The molecule has 3 rings (SSSR count). The van der Waals surface area contributed by atoms with Gasteiger partial charge in [0.05, 0.1) is 18.6 Å². The lowest BCUT2D eigenvalue weighted by atomic mass is 10.0. The van der Waals surface area contributed by atoms with Crippen LogP contribution < -0.4 is 5.32 Å². The van der Waals surface area contributed by atoms with E-state index < -0.39 is 6.04 Å². The number of rotatable bonds is 7. The first-order valence-corrected chi connectivity index (χ1v) is 9.51. The van der Waals surface area contributed by atoms with Gasteiger partial charge in [0.2, 0.25) is 11.8 Å². The number of benzene rings is 2. The van der Waals surface area contributed by atoms with E-state index in [4.69, 9.17) is 9.15 Å². The molecule has 1 N–H and O–H groups in total. The number of oxazole rings is 1. The molecule has 0 radical (unpaired) electrons. The van der Waals surface area contributed by atoms with E-state index >= 15 is 0 Å². The number of nitrogens with one attached hydrogen (secondary N) is 1. The molecule has 0 saturated carbocycles. The molecule has 0 spiro atoms. The molecular formula is C23H24N2O4. The van der Waals surface area contributed by atoms with Gasteiger partial charge in [-0.3, -0.25) is 9.59 Å². The molecule has 3 aromatic rings. The molecule has 1 unspecified atom stereocenters. The normalized spacial score (nSPS) is 12.4. The highest BCUT2D eigenvalue weighted by molar-refractivity contribution is 5.92. The number of para-hydroxylation sites is 2. The minimum atomic E-state index is -0.498. The van der Waals surface area contributed by atoms with Crippen molar-refractivity contribution in [2.24, 2.45) is 0 Å². The van der Waals surface area contributed by atoms with Gasteiger partial charge in [0.25, 0.3) is 0 Å². The second-order valence-corrected chi connectivity index (χ2v) is 7.07. The Balaban J connectivity index is 1.72. The Morgan fingerprint density at radius 1 is 1.14 bits per heavy atom. The largest absolute Gasteiger partial charge is 0.463 e. The standard InChI is InChI=1S/C23H24N2O4/c1-15(2)28-23(27)14-19(17-10-8-16(3)9-11-17)24-21(26)12-13-22-25-18-6-4-5-7-20(18)29-22/h4-13,15,19H,14H2,1-3H3,(H,24,26)/b13-12+. The second-order valence-electron chi connectivity index (χ2n) is 7.07. The van der Waals surface area contributed by atoms with Crippen molar-refractivity contribution in [1.29, 1.82) is 0 Å². The number of ether oxygens (including phenoxy) is 1. The molecule has 0 aliphatic rings. The third kappa shape index (κ3) is 5.78. The zero-order valence-corrected chi connectivity index (χ0v) is 16.7. The van der Waals surface area contributed by atoms with Crippen molar-refractivity contribution in [3.63, 3.8) is 0 Å². The Hall–Kier alpha value is -3.41. The van der Waals surface area contributed by atoms with Gasteiger partial charge in [-0.05, 0) is 38.5 Å². The highest BCUT2D eigenvalue weighted by atomic mass is 16.5. The van der Waals surface area contributed by atoms with E-state index in [0.29, 0.717) is 11.5 Å². The van der Waals surface area contributed by atoms with Crippen LogP contribution in [0.2, 0.25) is 0 Å². The van der Waals surface area contributed by atoms with Gasteiger partial charge in [-0.15, -0.1) is 0 Å². The molecule has 29 heavy (non-hydrogen) atoms. The summed E-state index contributed by atoms with van der Waals surface area (Å²) in [5.41, 5.74) is 3.31. The average Bonchev–Trinajstić information content (AvgIpc) is 3.09. The summed E-state index contributed by atoms with van der Waals surface area (Å²) >= 11 is 0. The number of nitrogens with zero attached hydrogens (tertiary/aromatic N) is 1. The maximum atomic E-state index is 12.5. The number of hydrogen-bond acceptors (Lipinski definition) is 5. The predicted molar refractivity (Wildman–Crippen MR) is 111 cm³/mol. The number of esters is 1. The summed E-state index contributed by atoms with van der Waals surface area (Å²) in [7, 11) is 0. The van der Waals surface area contributed by atoms with Gasteiger partial charge in [0, 0.05) is 12.2 Å². The third-order valence-corrected chi connectivity index (χ3v) is 4.22. The summed E-state index contributed by atoms with van der Waals surface area (Å²) in [5, 5.41) is 2.86. The summed E-state index contributed by atoms with van der Waals surface area (Å²) in [6.07, 6.45) is 2.69. The maximum absolute atomic E-state index is 12.5. The van der Waals surface area contributed by atoms with Crippen LogP contribution in [0.1, 0.15) is 43.3 Å². The van der Waals surface area contributed by atoms with Crippen molar-refractivity contribution in [2.75, 3.05) is 0 Å². The Kier molecular flexibility index (Phi) is 6.44. The van der Waals surface area contributed by atoms with Gasteiger partial charge >= 0.3 is 5.97 Å². The van der Waals surface area contributed by atoms with E-state index in [2.05, 4.69) is 10.3 Å². The van der Waals surface area contributed by atoms with Gasteiger partial charge < -0.3 is 14.5 Å². The molecule has 0 aliphatic carbocycles. The molecule has 0 saturated heterocycles. The van der Waals surface area contributed by atoms with Crippen LogP contribution in [0.5, 0.6) is 0 Å². The van der Waals surface area contributed by atoms with Crippen LogP contribution in [0, 0.1) is 6.92 Å². The van der Waals surface area contributed by atoms with Gasteiger partial charge in [0.15, 0.2) is 5.58 Å². The summed E-state index contributed by atoms with van der Waals surface area (Å²) in [6.45, 7) is 5.56. The van der Waals surface area contributed by atoms with E-state index in [-0.39, 0.29) is 24.4 Å². The van der Waals surface area contributed by atoms with Gasteiger partial charge in [-0.2, -0.15) is 0 Å². The first-order chi connectivity index (χ1) is 13.9. The van der Waals surface area contributed by atoms with E-state index in [1.54, 1.807) is 13.8 Å². The monoisotopic (exact) mass is 392 g/mol. The summed E-state index contributed by atoms with van der Waals surface area (Å²) in [6, 6.07) is 14.6. The first-order valence-electron chi connectivity index (χ1n) is 9.51. The fourth-order valence-electron chi connectivity index (χ4n) is 2.86. The lowest BCUT2D eigenvalue weighted by molar-refractivity contribution is -0.148. The molecule has 150 valence electrons. The van der Waals surface area contributed by atoms with E-state index in [1.165, 1.54) is 12.2 Å². The number of fused-ring (bicyclic) bond motifs is 1. The topological polar surface area (TPSA) is 81.4 Å². The minimum Gasteiger partial charge on any atom is -0.463 e. The fourth-order valence-corrected chi connectivity index (χ4v) is 2.86. The summed E-state index contributed by atoms with van der Waals surface area (Å²) in [4.78, 5) is 28.9. The Morgan fingerprint density at radius 3 is 2.55 bits per heavy atom.